The maximum atomic E-state index is 11.0. The molecular formula is C2H5F6NPS+. The molecule has 70 valence electrons. The summed E-state index contributed by atoms with van der Waals surface area (Å²) in [5.74, 6) is 0. The first kappa shape index (κ1) is 13.7. The summed E-state index contributed by atoms with van der Waals surface area (Å²) in [4.78, 5) is 0. The predicted molar refractivity (Wildman–Crippen MR) is 34.7 cm³/mol. The van der Waals surface area contributed by atoms with Crippen LogP contribution in [0.2, 0.25) is 0 Å². The Morgan fingerprint density at radius 1 is 0.818 bits per heavy atom. The van der Waals surface area contributed by atoms with Crippen molar-refractivity contribution in [2.75, 3.05) is 0 Å². The molecule has 0 bridgehead atoms. The Bertz CT molecular complexity index is 132. The Morgan fingerprint density at radius 3 is 1.00 bits per heavy atom. The van der Waals surface area contributed by atoms with Gasteiger partial charge in [-0.2, -0.15) is 26.3 Å². The van der Waals surface area contributed by atoms with E-state index >= 15 is 0 Å². The van der Waals surface area contributed by atoms with E-state index in [0.29, 0.717) is 0 Å². The SMILES string of the molecule is N=S(C(F)(F)F)C(F)(F)F.[PH4+]. The largest absolute Gasteiger partial charge is 0.460 e. The lowest BCUT2D eigenvalue weighted by Gasteiger charge is -2.11. The van der Waals surface area contributed by atoms with Crippen LogP contribution in [0.15, 0.2) is 0 Å². The molecule has 11 heavy (non-hydrogen) atoms. The topological polar surface area (TPSA) is 23.9 Å². The Hall–Kier alpha value is 0.160. The quantitative estimate of drug-likeness (QED) is 0.478. The molecule has 0 aliphatic rings. The van der Waals surface area contributed by atoms with E-state index in [1.54, 1.807) is 0 Å². The van der Waals surface area contributed by atoms with Crippen LogP contribution in [-0.4, -0.2) is 11.0 Å². The first-order valence-electron chi connectivity index (χ1n) is 1.75. The Balaban J connectivity index is 0. The fourth-order valence-corrected chi connectivity index (χ4v) is 0.394. The van der Waals surface area contributed by atoms with Crippen molar-refractivity contribution in [3.05, 3.63) is 0 Å². The molecular weight excluding hydrogens is 215 g/mol. The summed E-state index contributed by atoms with van der Waals surface area (Å²) in [7, 11) is -4.25. The van der Waals surface area contributed by atoms with Gasteiger partial charge in [-0.25, -0.2) is 0 Å². The van der Waals surface area contributed by atoms with Gasteiger partial charge in [0, 0.05) is 0 Å². The molecule has 0 spiro atoms. The van der Waals surface area contributed by atoms with Gasteiger partial charge in [0.15, 0.2) is 0 Å². The normalized spacial score (nSPS) is 13.0. The molecule has 0 fully saturated rings. The molecule has 0 aromatic carbocycles. The van der Waals surface area contributed by atoms with Gasteiger partial charge in [-0.05, 0) is 9.90 Å². The average molecular weight is 220 g/mol. The van der Waals surface area contributed by atoms with Crippen LogP contribution in [0, 0.1) is 4.78 Å². The van der Waals surface area contributed by atoms with Gasteiger partial charge in [0.05, 0.1) is 0 Å². The molecule has 0 aromatic rings. The van der Waals surface area contributed by atoms with Crippen LogP contribution in [0.4, 0.5) is 26.3 Å². The van der Waals surface area contributed by atoms with E-state index in [1.807, 2.05) is 0 Å². The molecule has 1 N–H and O–H groups in total. The van der Waals surface area contributed by atoms with Crippen molar-refractivity contribution >= 4 is 20.6 Å². The van der Waals surface area contributed by atoms with E-state index in [1.165, 1.54) is 0 Å². The molecule has 0 saturated carbocycles. The third-order valence-corrected chi connectivity index (χ3v) is 1.39. The van der Waals surface area contributed by atoms with Crippen molar-refractivity contribution in [3.63, 3.8) is 0 Å². The average Bonchev–Trinajstić information content (AvgIpc) is 1.59. The Labute approximate surface area is 63.7 Å². The molecule has 0 amide bonds. The van der Waals surface area contributed by atoms with Gasteiger partial charge >= 0.3 is 11.0 Å². The maximum Gasteiger partial charge on any atom is 0.460 e. The number of hydrogen-bond acceptors (Lipinski definition) is 1. The van der Waals surface area contributed by atoms with Gasteiger partial charge in [0.25, 0.3) is 0 Å². The Kier molecular flexibility index (Phi) is 4.63. The van der Waals surface area contributed by atoms with Crippen LogP contribution in [0.1, 0.15) is 0 Å². The number of hydrogen-bond donors (Lipinski definition) is 1. The highest BCUT2D eigenvalue weighted by Crippen LogP contribution is 2.33. The van der Waals surface area contributed by atoms with E-state index in [4.69, 9.17) is 4.78 Å². The van der Waals surface area contributed by atoms with E-state index in [0.717, 1.165) is 0 Å². The highest BCUT2D eigenvalue weighted by molar-refractivity contribution is 7.87. The summed E-state index contributed by atoms with van der Waals surface area (Å²) in [6.45, 7) is 0. The zero-order chi connectivity index (χ0) is 8.58. The predicted octanol–water partition coefficient (Wildman–Crippen LogP) is 2.20. The van der Waals surface area contributed by atoms with Gasteiger partial charge < -0.3 is 0 Å². The van der Waals surface area contributed by atoms with Gasteiger partial charge in [0.2, 0.25) is 0 Å². The van der Waals surface area contributed by atoms with E-state index in [9.17, 15) is 26.3 Å². The van der Waals surface area contributed by atoms with Crippen molar-refractivity contribution < 1.29 is 26.3 Å². The third-order valence-electron chi connectivity index (χ3n) is 0.463. The van der Waals surface area contributed by atoms with Crippen molar-refractivity contribution in [2.45, 2.75) is 11.0 Å². The van der Waals surface area contributed by atoms with Gasteiger partial charge in [0.1, 0.15) is 10.7 Å². The molecule has 0 rings (SSSR count). The summed E-state index contributed by atoms with van der Waals surface area (Å²) < 4.78 is 72.0. The lowest BCUT2D eigenvalue weighted by Crippen LogP contribution is -2.28. The number of nitrogens with one attached hydrogen (secondary N) is 1. The third kappa shape index (κ3) is 4.58. The van der Waals surface area contributed by atoms with Crippen LogP contribution in [0.25, 0.3) is 0 Å². The summed E-state index contributed by atoms with van der Waals surface area (Å²) in [6, 6.07) is 0. The van der Waals surface area contributed by atoms with Crippen molar-refractivity contribution in [3.8, 4) is 0 Å². The molecule has 0 aliphatic heterocycles. The van der Waals surface area contributed by atoms with Crippen LogP contribution < -0.4 is 0 Å². The van der Waals surface area contributed by atoms with Crippen molar-refractivity contribution in [1.82, 2.24) is 0 Å². The van der Waals surface area contributed by atoms with Crippen molar-refractivity contribution in [2.24, 2.45) is 0 Å². The molecule has 1 atom stereocenters. The summed E-state index contributed by atoms with van der Waals surface area (Å²) >= 11 is 0. The zero-order valence-corrected chi connectivity index (χ0v) is 7.99. The second kappa shape index (κ2) is 3.71. The molecule has 0 saturated heterocycles. The van der Waals surface area contributed by atoms with Gasteiger partial charge in [-0.1, -0.05) is 0 Å². The molecule has 0 aromatic heterocycles. The minimum absolute atomic E-state index is 0. The number of alkyl halides is 6. The van der Waals surface area contributed by atoms with Crippen LogP contribution >= 0.6 is 9.90 Å². The lowest BCUT2D eigenvalue weighted by atomic mass is 11.5. The molecule has 0 radical (unpaired) electrons. The van der Waals surface area contributed by atoms with Crippen LogP contribution in [-0.2, 0) is 10.7 Å². The minimum Gasteiger partial charge on any atom is -0.265 e. The maximum absolute atomic E-state index is 11.0. The highest BCUT2D eigenvalue weighted by atomic mass is 32.2. The molecule has 1 unspecified atom stereocenters. The van der Waals surface area contributed by atoms with Gasteiger partial charge in [-0.15, -0.1) is 0 Å². The fraction of sp³-hybridized carbons (Fsp3) is 1.00. The summed E-state index contributed by atoms with van der Waals surface area (Å²) in [5.41, 5.74) is -11.0. The zero-order valence-electron chi connectivity index (χ0n) is 5.18. The fourth-order valence-electron chi connectivity index (χ4n) is 0.131. The number of rotatable bonds is 0. The van der Waals surface area contributed by atoms with E-state index in [-0.39, 0.29) is 9.90 Å². The number of halogens is 6. The standard InChI is InChI=1S/C2HF6NS.H3P/c3-1(4,5)10(9)2(6,7)8;/h9H;1H3/p+1. The summed E-state index contributed by atoms with van der Waals surface area (Å²) in [6.07, 6.45) is 0. The highest BCUT2D eigenvalue weighted by Gasteiger charge is 2.50. The van der Waals surface area contributed by atoms with E-state index in [2.05, 4.69) is 0 Å². The monoisotopic (exact) mass is 220 g/mol. The molecule has 9 heteroatoms. The first-order chi connectivity index (χ1) is 4.15. The van der Waals surface area contributed by atoms with Crippen molar-refractivity contribution in [1.29, 1.82) is 4.78 Å². The molecule has 0 aliphatic carbocycles. The smallest absolute Gasteiger partial charge is 0.265 e. The molecule has 1 nitrogen and oxygen atoms in total. The second-order valence-corrected chi connectivity index (χ2v) is 2.74. The van der Waals surface area contributed by atoms with Gasteiger partial charge in [-0.3, -0.25) is 4.78 Å². The second-order valence-electron chi connectivity index (χ2n) is 1.20. The molecule has 0 heterocycles. The minimum atomic E-state index is -5.49. The van der Waals surface area contributed by atoms with Crippen LogP contribution in [0.5, 0.6) is 0 Å². The lowest BCUT2D eigenvalue weighted by molar-refractivity contribution is -0.0754. The Morgan fingerprint density at radius 2 is 1.00 bits per heavy atom. The van der Waals surface area contributed by atoms with Crippen LogP contribution in [0.3, 0.4) is 0 Å². The van der Waals surface area contributed by atoms with E-state index < -0.39 is 21.7 Å². The summed E-state index contributed by atoms with van der Waals surface area (Å²) in [5, 5.41) is 0. The first-order valence-corrected chi connectivity index (χ1v) is 2.97.